The van der Waals surface area contributed by atoms with Crippen molar-refractivity contribution in [1.82, 2.24) is 19.8 Å². The second kappa shape index (κ2) is 8.04. The lowest BCUT2D eigenvalue weighted by molar-refractivity contribution is 0.128. The summed E-state index contributed by atoms with van der Waals surface area (Å²) in [5, 5.41) is 2.95. The van der Waals surface area contributed by atoms with E-state index in [-0.39, 0.29) is 0 Å². The molecule has 3 rings (SSSR count). The van der Waals surface area contributed by atoms with Crippen LogP contribution < -0.4 is 5.32 Å². The van der Waals surface area contributed by atoms with Crippen LogP contribution in [0.1, 0.15) is 11.1 Å². The fourth-order valence-electron chi connectivity index (χ4n) is 2.93. The van der Waals surface area contributed by atoms with Gasteiger partial charge in [-0.3, -0.25) is 4.90 Å². The normalized spacial score (nSPS) is 16.4. The van der Waals surface area contributed by atoms with Crippen molar-refractivity contribution in [3.63, 3.8) is 0 Å². The van der Waals surface area contributed by atoms with Crippen LogP contribution in [-0.4, -0.2) is 59.5 Å². The fraction of sp³-hybridized carbons (Fsp3) is 0.444. The van der Waals surface area contributed by atoms with Gasteiger partial charge in [0.1, 0.15) is 0 Å². The molecule has 0 saturated carbocycles. The highest BCUT2D eigenvalue weighted by molar-refractivity contribution is 5.23. The van der Waals surface area contributed by atoms with Crippen LogP contribution in [0.2, 0.25) is 0 Å². The SMILES string of the molecule is CNc1ncc(CN2CCN(CCc3ccccc3)CC2)cn1. The Bertz CT molecular complexity index is 576. The van der Waals surface area contributed by atoms with Crippen molar-refractivity contribution in [3.8, 4) is 0 Å². The molecule has 1 aliphatic heterocycles. The van der Waals surface area contributed by atoms with Crippen LogP contribution in [0.4, 0.5) is 5.95 Å². The molecule has 0 unspecified atom stereocenters. The van der Waals surface area contributed by atoms with Gasteiger partial charge >= 0.3 is 0 Å². The average Bonchev–Trinajstić information content (AvgIpc) is 2.63. The highest BCUT2D eigenvalue weighted by Crippen LogP contribution is 2.09. The van der Waals surface area contributed by atoms with Crippen LogP contribution in [0.25, 0.3) is 0 Å². The fourth-order valence-corrected chi connectivity index (χ4v) is 2.93. The third kappa shape index (κ3) is 4.74. The van der Waals surface area contributed by atoms with Crippen molar-refractivity contribution in [2.24, 2.45) is 0 Å². The lowest BCUT2D eigenvalue weighted by Gasteiger charge is -2.34. The Balaban J connectivity index is 1.41. The van der Waals surface area contributed by atoms with E-state index in [2.05, 4.69) is 55.4 Å². The number of piperazine rings is 1. The summed E-state index contributed by atoms with van der Waals surface area (Å²) >= 11 is 0. The molecule has 1 aliphatic rings. The minimum absolute atomic E-state index is 0.680. The first-order valence-corrected chi connectivity index (χ1v) is 8.31. The maximum absolute atomic E-state index is 4.28. The van der Waals surface area contributed by atoms with E-state index in [0.717, 1.165) is 45.7 Å². The summed E-state index contributed by atoms with van der Waals surface area (Å²) in [6.07, 6.45) is 4.97. The van der Waals surface area contributed by atoms with Crippen LogP contribution >= 0.6 is 0 Å². The Kier molecular flexibility index (Phi) is 5.56. The third-order valence-corrected chi connectivity index (χ3v) is 4.36. The van der Waals surface area contributed by atoms with Crippen LogP contribution in [0.5, 0.6) is 0 Å². The van der Waals surface area contributed by atoms with Crippen molar-refractivity contribution in [1.29, 1.82) is 0 Å². The first kappa shape index (κ1) is 15.9. The van der Waals surface area contributed by atoms with Crippen molar-refractivity contribution in [3.05, 3.63) is 53.9 Å². The number of anilines is 1. The molecule has 2 heterocycles. The van der Waals surface area contributed by atoms with Crippen LogP contribution in [0.3, 0.4) is 0 Å². The van der Waals surface area contributed by atoms with Gasteiger partial charge in [0.25, 0.3) is 0 Å². The molecule has 1 N–H and O–H groups in total. The number of rotatable bonds is 6. The van der Waals surface area contributed by atoms with Gasteiger partial charge in [-0.1, -0.05) is 30.3 Å². The van der Waals surface area contributed by atoms with Crippen molar-refractivity contribution in [2.45, 2.75) is 13.0 Å². The highest BCUT2D eigenvalue weighted by atomic mass is 15.3. The number of aromatic nitrogens is 2. The van der Waals surface area contributed by atoms with Gasteiger partial charge in [-0.25, -0.2) is 9.97 Å². The molecule has 0 aliphatic carbocycles. The summed E-state index contributed by atoms with van der Waals surface area (Å²) in [4.78, 5) is 13.6. The summed E-state index contributed by atoms with van der Waals surface area (Å²) in [7, 11) is 1.84. The topological polar surface area (TPSA) is 44.3 Å². The van der Waals surface area contributed by atoms with E-state index in [4.69, 9.17) is 0 Å². The Morgan fingerprint density at radius 3 is 2.22 bits per heavy atom. The summed E-state index contributed by atoms with van der Waals surface area (Å²) in [6, 6.07) is 10.7. The Hall–Kier alpha value is -1.98. The predicted molar refractivity (Wildman–Crippen MR) is 93.4 cm³/mol. The van der Waals surface area contributed by atoms with Gasteiger partial charge in [0.2, 0.25) is 5.95 Å². The molecule has 0 atom stereocenters. The first-order valence-electron chi connectivity index (χ1n) is 8.31. The molecule has 2 aromatic rings. The molecule has 5 heteroatoms. The molecule has 122 valence electrons. The van der Waals surface area contributed by atoms with Gasteiger partial charge in [0.05, 0.1) is 0 Å². The molecule has 1 aromatic heterocycles. The zero-order valence-electron chi connectivity index (χ0n) is 13.8. The van der Waals surface area contributed by atoms with Gasteiger partial charge < -0.3 is 10.2 Å². The van der Waals surface area contributed by atoms with E-state index in [0.29, 0.717) is 5.95 Å². The lowest BCUT2D eigenvalue weighted by atomic mass is 10.1. The second-order valence-electron chi connectivity index (χ2n) is 6.02. The molecular formula is C18H25N5. The molecule has 1 fully saturated rings. The summed E-state index contributed by atoms with van der Waals surface area (Å²) in [6.45, 7) is 6.60. The smallest absolute Gasteiger partial charge is 0.222 e. The number of benzene rings is 1. The number of nitrogens with one attached hydrogen (secondary N) is 1. The first-order chi connectivity index (χ1) is 11.3. The Morgan fingerprint density at radius 1 is 0.913 bits per heavy atom. The van der Waals surface area contributed by atoms with E-state index in [1.54, 1.807) is 0 Å². The van der Waals surface area contributed by atoms with Crippen molar-refractivity contribution < 1.29 is 0 Å². The van der Waals surface area contributed by atoms with E-state index in [1.807, 2.05) is 19.4 Å². The Labute approximate surface area is 138 Å². The average molecular weight is 311 g/mol. The van der Waals surface area contributed by atoms with Gasteiger partial charge in [-0.15, -0.1) is 0 Å². The van der Waals surface area contributed by atoms with Crippen molar-refractivity contribution in [2.75, 3.05) is 45.1 Å². The molecule has 1 saturated heterocycles. The zero-order chi connectivity index (χ0) is 15.9. The monoisotopic (exact) mass is 311 g/mol. The summed E-state index contributed by atoms with van der Waals surface area (Å²) in [5.41, 5.74) is 2.61. The van der Waals surface area contributed by atoms with Gasteiger partial charge in [-0.2, -0.15) is 0 Å². The van der Waals surface area contributed by atoms with Crippen LogP contribution in [0, 0.1) is 0 Å². The minimum Gasteiger partial charge on any atom is -0.357 e. The van der Waals surface area contributed by atoms with Gasteiger partial charge in [-0.05, 0) is 12.0 Å². The van der Waals surface area contributed by atoms with Crippen LogP contribution in [0.15, 0.2) is 42.7 Å². The number of hydrogen-bond acceptors (Lipinski definition) is 5. The lowest BCUT2D eigenvalue weighted by Crippen LogP contribution is -2.46. The van der Waals surface area contributed by atoms with E-state index >= 15 is 0 Å². The predicted octanol–water partition coefficient (Wildman–Crippen LogP) is 1.88. The van der Waals surface area contributed by atoms with Gasteiger partial charge in [0, 0.05) is 64.3 Å². The quantitative estimate of drug-likeness (QED) is 0.882. The highest BCUT2D eigenvalue weighted by Gasteiger charge is 2.16. The summed E-state index contributed by atoms with van der Waals surface area (Å²) < 4.78 is 0. The molecular weight excluding hydrogens is 286 g/mol. The minimum atomic E-state index is 0.680. The van der Waals surface area contributed by atoms with Gasteiger partial charge in [0.15, 0.2) is 0 Å². The van der Waals surface area contributed by atoms with E-state index in [9.17, 15) is 0 Å². The molecule has 0 bridgehead atoms. The van der Waals surface area contributed by atoms with Crippen LogP contribution in [-0.2, 0) is 13.0 Å². The third-order valence-electron chi connectivity index (χ3n) is 4.36. The zero-order valence-corrected chi connectivity index (χ0v) is 13.8. The molecule has 0 radical (unpaired) electrons. The molecule has 1 aromatic carbocycles. The maximum Gasteiger partial charge on any atom is 0.222 e. The van der Waals surface area contributed by atoms with Crippen molar-refractivity contribution >= 4 is 5.95 Å². The summed E-state index contributed by atoms with van der Waals surface area (Å²) in [5.74, 6) is 0.680. The maximum atomic E-state index is 4.28. The Morgan fingerprint density at radius 2 is 1.57 bits per heavy atom. The largest absolute Gasteiger partial charge is 0.357 e. The van der Waals surface area contributed by atoms with E-state index in [1.165, 1.54) is 11.1 Å². The molecule has 5 nitrogen and oxygen atoms in total. The standard InChI is InChI=1S/C18H25N5/c1-19-18-20-13-17(14-21-18)15-23-11-9-22(10-12-23)8-7-16-5-3-2-4-6-16/h2-6,13-14H,7-12,15H2,1H3,(H,19,20,21). The van der Waals surface area contributed by atoms with E-state index < -0.39 is 0 Å². The number of nitrogens with zero attached hydrogens (tertiary/aromatic N) is 4. The second-order valence-corrected chi connectivity index (χ2v) is 6.02. The molecule has 0 spiro atoms. The molecule has 23 heavy (non-hydrogen) atoms. The number of hydrogen-bond donors (Lipinski definition) is 1. The molecule has 0 amide bonds.